The van der Waals surface area contributed by atoms with Crippen molar-refractivity contribution in [3.63, 3.8) is 0 Å². The average molecular weight is 294 g/mol. The number of anilines is 1. The number of carboxylic acids is 1. The fourth-order valence-corrected chi connectivity index (χ4v) is 3.14. The van der Waals surface area contributed by atoms with E-state index in [0.29, 0.717) is 17.1 Å². The third-order valence-corrected chi connectivity index (χ3v) is 4.17. The molecule has 2 rings (SSSR count). The number of rotatable bonds is 4. The van der Waals surface area contributed by atoms with E-state index in [1.807, 2.05) is 18.2 Å². The van der Waals surface area contributed by atoms with Crippen LogP contribution in [-0.4, -0.2) is 23.2 Å². The Bertz CT molecular complexity index is 527. The molecule has 0 spiro atoms. The van der Waals surface area contributed by atoms with Crippen molar-refractivity contribution in [1.82, 2.24) is 0 Å². The van der Waals surface area contributed by atoms with Gasteiger partial charge in [0.2, 0.25) is 0 Å². The highest BCUT2D eigenvalue weighted by molar-refractivity contribution is 6.30. The second kappa shape index (κ2) is 6.31. The molecule has 20 heavy (non-hydrogen) atoms. The van der Waals surface area contributed by atoms with Gasteiger partial charge in [-0.05, 0) is 56.0 Å². The van der Waals surface area contributed by atoms with Crippen molar-refractivity contribution < 1.29 is 9.90 Å². The van der Waals surface area contributed by atoms with E-state index < -0.39 is 5.97 Å². The van der Waals surface area contributed by atoms with Crippen molar-refractivity contribution in [3.05, 3.63) is 34.9 Å². The number of benzene rings is 1. The molecule has 108 valence electrons. The van der Waals surface area contributed by atoms with Crippen LogP contribution in [0.3, 0.4) is 0 Å². The molecular formula is C16H20ClNO2. The summed E-state index contributed by atoms with van der Waals surface area (Å²) in [5.41, 5.74) is 1.94. The summed E-state index contributed by atoms with van der Waals surface area (Å²) in [5.74, 6) is -0.947. The van der Waals surface area contributed by atoms with Crippen LogP contribution in [0.25, 0.3) is 6.08 Å². The summed E-state index contributed by atoms with van der Waals surface area (Å²) < 4.78 is 0. The minimum Gasteiger partial charge on any atom is -0.478 e. The average Bonchev–Trinajstić information content (AvgIpc) is 2.77. The third-order valence-electron chi connectivity index (χ3n) is 3.93. The topological polar surface area (TPSA) is 40.5 Å². The summed E-state index contributed by atoms with van der Waals surface area (Å²) in [6.45, 7) is 4.41. The molecule has 1 heterocycles. The molecule has 0 saturated carbocycles. The summed E-state index contributed by atoms with van der Waals surface area (Å²) in [6, 6.07) is 6.68. The molecule has 1 N–H and O–H groups in total. The molecule has 1 aliphatic rings. The lowest BCUT2D eigenvalue weighted by atomic mass is 10.1. The zero-order valence-corrected chi connectivity index (χ0v) is 12.6. The summed E-state index contributed by atoms with van der Waals surface area (Å²) >= 11 is 6.05. The van der Waals surface area contributed by atoms with Gasteiger partial charge in [-0.25, -0.2) is 4.79 Å². The van der Waals surface area contributed by atoms with Gasteiger partial charge in [-0.1, -0.05) is 18.5 Å². The van der Waals surface area contributed by atoms with Crippen molar-refractivity contribution >= 4 is 29.3 Å². The molecule has 1 aromatic carbocycles. The number of nitrogens with zero attached hydrogens (tertiary/aromatic N) is 1. The SMILES string of the molecule is CCC1CCC(C)N1c1ccc(Cl)cc1/C=C/C(=O)O. The molecule has 4 heteroatoms. The van der Waals surface area contributed by atoms with E-state index in [4.69, 9.17) is 16.7 Å². The van der Waals surface area contributed by atoms with Gasteiger partial charge in [-0.2, -0.15) is 0 Å². The maximum absolute atomic E-state index is 10.7. The largest absolute Gasteiger partial charge is 0.478 e. The molecule has 1 aromatic rings. The van der Waals surface area contributed by atoms with Crippen LogP contribution in [0.4, 0.5) is 5.69 Å². The fraction of sp³-hybridized carbons (Fsp3) is 0.438. The molecule has 1 aliphatic heterocycles. The number of halogens is 1. The number of carbonyl (C=O) groups is 1. The van der Waals surface area contributed by atoms with Crippen LogP contribution >= 0.6 is 11.6 Å². The first-order valence-electron chi connectivity index (χ1n) is 7.01. The van der Waals surface area contributed by atoms with E-state index >= 15 is 0 Å². The molecule has 3 nitrogen and oxygen atoms in total. The van der Waals surface area contributed by atoms with Gasteiger partial charge < -0.3 is 10.0 Å². The van der Waals surface area contributed by atoms with Crippen molar-refractivity contribution in [1.29, 1.82) is 0 Å². The first-order chi connectivity index (χ1) is 9.52. The first-order valence-corrected chi connectivity index (χ1v) is 7.39. The molecule has 1 saturated heterocycles. The van der Waals surface area contributed by atoms with Gasteiger partial charge in [0.05, 0.1) is 0 Å². The van der Waals surface area contributed by atoms with Crippen LogP contribution in [0.5, 0.6) is 0 Å². The quantitative estimate of drug-likeness (QED) is 0.846. The van der Waals surface area contributed by atoms with Crippen LogP contribution in [0, 0.1) is 0 Å². The summed E-state index contributed by atoms with van der Waals surface area (Å²) in [7, 11) is 0. The Morgan fingerprint density at radius 3 is 2.90 bits per heavy atom. The minimum atomic E-state index is -0.947. The second-order valence-electron chi connectivity index (χ2n) is 5.27. The molecule has 0 aliphatic carbocycles. The van der Waals surface area contributed by atoms with E-state index in [-0.39, 0.29) is 0 Å². The molecule has 0 amide bonds. The molecular weight excluding hydrogens is 274 g/mol. The molecule has 2 unspecified atom stereocenters. The number of aliphatic carboxylic acids is 1. The van der Waals surface area contributed by atoms with E-state index in [1.165, 1.54) is 12.8 Å². The maximum atomic E-state index is 10.7. The van der Waals surface area contributed by atoms with Gasteiger partial charge in [0.1, 0.15) is 0 Å². The summed E-state index contributed by atoms with van der Waals surface area (Å²) in [6.07, 6.45) is 6.23. The van der Waals surface area contributed by atoms with Gasteiger partial charge in [0.15, 0.2) is 0 Å². The highest BCUT2D eigenvalue weighted by Gasteiger charge is 2.30. The molecule has 0 aromatic heterocycles. The highest BCUT2D eigenvalue weighted by Crippen LogP contribution is 2.35. The normalized spacial score (nSPS) is 22.6. The van der Waals surface area contributed by atoms with Crippen LogP contribution in [0.1, 0.15) is 38.7 Å². The zero-order chi connectivity index (χ0) is 14.7. The number of hydrogen-bond acceptors (Lipinski definition) is 2. The maximum Gasteiger partial charge on any atom is 0.328 e. The number of carboxylic acid groups (broad SMARTS) is 1. The van der Waals surface area contributed by atoms with Gasteiger partial charge >= 0.3 is 5.97 Å². The highest BCUT2D eigenvalue weighted by atomic mass is 35.5. The Kier molecular flexibility index (Phi) is 4.71. The Hall–Kier alpha value is -1.48. The molecule has 0 bridgehead atoms. The van der Waals surface area contributed by atoms with E-state index in [9.17, 15) is 4.79 Å². The second-order valence-corrected chi connectivity index (χ2v) is 5.71. The van der Waals surface area contributed by atoms with E-state index in [2.05, 4.69) is 18.7 Å². The predicted molar refractivity (Wildman–Crippen MR) is 83.4 cm³/mol. The summed E-state index contributed by atoms with van der Waals surface area (Å²) in [5, 5.41) is 9.44. The van der Waals surface area contributed by atoms with Crippen LogP contribution in [-0.2, 0) is 4.79 Å². The van der Waals surface area contributed by atoms with Crippen molar-refractivity contribution in [2.45, 2.75) is 45.2 Å². The van der Waals surface area contributed by atoms with Crippen molar-refractivity contribution in [2.24, 2.45) is 0 Å². The molecule has 0 radical (unpaired) electrons. The standard InChI is InChI=1S/C16H20ClNO2/c1-3-14-7-4-11(2)18(14)15-8-6-13(17)10-12(15)5-9-16(19)20/h5-6,8-11,14H,3-4,7H2,1-2H3,(H,19,20)/b9-5+. The minimum absolute atomic E-state index is 0.470. The van der Waals surface area contributed by atoms with Gasteiger partial charge in [0, 0.05) is 28.9 Å². The monoisotopic (exact) mass is 293 g/mol. The van der Waals surface area contributed by atoms with E-state index in [0.717, 1.165) is 23.7 Å². The van der Waals surface area contributed by atoms with Gasteiger partial charge in [-0.15, -0.1) is 0 Å². The van der Waals surface area contributed by atoms with E-state index in [1.54, 1.807) is 6.08 Å². The van der Waals surface area contributed by atoms with Crippen molar-refractivity contribution in [3.8, 4) is 0 Å². The summed E-state index contributed by atoms with van der Waals surface area (Å²) in [4.78, 5) is 13.1. The van der Waals surface area contributed by atoms with Gasteiger partial charge in [-0.3, -0.25) is 0 Å². The zero-order valence-electron chi connectivity index (χ0n) is 11.8. The lowest BCUT2D eigenvalue weighted by Crippen LogP contribution is -2.34. The Morgan fingerprint density at radius 1 is 1.50 bits per heavy atom. The van der Waals surface area contributed by atoms with Crippen LogP contribution < -0.4 is 4.90 Å². The number of hydrogen-bond donors (Lipinski definition) is 1. The van der Waals surface area contributed by atoms with Crippen LogP contribution in [0.2, 0.25) is 5.02 Å². The molecule has 1 fully saturated rings. The van der Waals surface area contributed by atoms with Crippen LogP contribution in [0.15, 0.2) is 24.3 Å². The first kappa shape index (κ1) is 14.9. The Labute approximate surface area is 124 Å². The fourth-order valence-electron chi connectivity index (χ4n) is 2.96. The predicted octanol–water partition coefficient (Wildman–Crippen LogP) is 4.21. The van der Waals surface area contributed by atoms with Crippen molar-refractivity contribution in [2.75, 3.05) is 4.90 Å². The van der Waals surface area contributed by atoms with Gasteiger partial charge in [0.25, 0.3) is 0 Å². The smallest absolute Gasteiger partial charge is 0.328 e. The molecule has 2 atom stereocenters. The third kappa shape index (κ3) is 3.15. The Balaban J connectivity index is 2.42. The Morgan fingerprint density at radius 2 is 2.25 bits per heavy atom. The lowest BCUT2D eigenvalue weighted by Gasteiger charge is -2.31. The lowest BCUT2D eigenvalue weighted by molar-refractivity contribution is -0.131.